The highest BCUT2D eigenvalue weighted by Crippen LogP contribution is 2.31. The zero-order chi connectivity index (χ0) is 17.9. The second kappa shape index (κ2) is 7.06. The Morgan fingerprint density at radius 1 is 1.32 bits per heavy atom. The molecule has 1 atom stereocenters. The standard InChI is InChI=1S/C18H22N4O3/c1-25-13-18(17(19)24)8-5-9-22(18)16(23)15-10-20-21(12-15)11-14-6-3-2-4-7-14/h2-4,6-7,10,12H,5,8-9,11,13H2,1H3,(H2,19,24). The van der Waals surface area contributed by atoms with E-state index in [0.717, 1.165) is 12.0 Å². The summed E-state index contributed by atoms with van der Waals surface area (Å²) in [4.78, 5) is 26.5. The van der Waals surface area contributed by atoms with Gasteiger partial charge in [-0.25, -0.2) is 0 Å². The molecule has 1 saturated heterocycles. The summed E-state index contributed by atoms with van der Waals surface area (Å²) in [6.45, 7) is 1.16. The lowest BCUT2D eigenvalue weighted by Gasteiger charge is -2.34. The average Bonchev–Trinajstić information content (AvgIpc) is 3.23. The van der Waals surface area contributed by atoms with Crippen LogP contribution in [0.1, 0.15) is 28.8 Å². The highest BCUT2D eigenvalue weighted by atomic mass is 16.5. The van der Waals surface area contributed by atoms with Crippen LogP contribution in [0, 0.1) is 0 Å². The molecule has 2 heterocycles. The minimum absolute atomic E-state index is 0.103. The molecule has 2 aromatic rings. The van der Waals surface area contributed by atoms with E-state index in [9.17, 15) is 9.59 Å². The fourth-order valence-corrected chi connectivity index (χ4v) is 3.38. The van der Waals surface area contributed by atoms with Gasteiger partial charge in [0.05, 0.1) is 24.9 Å². The first-order valence-corrected chi connectivity index (χ1v) is 8.24. The maximum absolute atomic E-state index is 12.9. The van der Waals surface area contributed by atoms with Crippen molar-refractivity contribution in [1.29, 1.82) is 0 Å². The van der Waals surface area contributed by atoms with Gasteiger partial charge in [0.2, 0.25) is 5.91 Å². The molecule has 1 fully saturated rings. The number of nitrogens with two attached hydrogens (primary N) is 1. The molecule has 0 bridgehead atoms. The van der Waals surface area contributed by atoms with Gasteiger partial charge in [0.1, 0.15) is 5.54 Å². The number of carbonyl (C=O) groups excluding carboxylic acids is 2. The van der Waals surface area contributed by atoms with Crippen molar-refractivity contribution >= 4 is 11.8 Å². The highest BCUT2D eigenvalue weighted by molar-refractivity contribution is 5.99. The number of carbonyl (C=O) groups is 2. The molecular weight excluding hydrogens is 320 g/mol. The minimum Gasteiger partial charge on any atom is -0.382 e. The molecule has 3 rings (SSSR count). The number of primary amides is 1. The van der Waals surface area contributed by atoms with Crippen LogP contribution in [0.4, 0.5) is 0 Å². The van der Waals surface area contributed by atoms with Crippen molar-refractivity contribution in [2.24, 2.45) is 5.73 Å². The van der Waals surface area contributed by atoms with E-state index in [1.54, 1.807) is 10.9 Å². The number of likely N-dealkylation sites (tertiary alicyclic amines) is 1. The summed E-state index contributed by atoms with van der Waals surface area (Å²) in [5, 5.41) is 4.26. The van der Waals surface area contributed by atoms with Crippen LogP contribution in [-0.2, 0) is 16.1 Å². The molecule has 1 unspecified atom stereocenters. The van der Waals surface area contributed by atoms with Crippen molar-refractivity contribution in [2.75, 3.05) is 20.3 Å². The predicted molar refractivity (Wildman–Crippen MR) is 91.8 cm³/mol. The van der Waals surface area contributed by atoms with Crippen molar-refractivity contribution in [1.82, 2.24) is 14.7 Å². The molecule has 2 N–H and O–H groups in total. The molecule has 7 nitrogen and oxygen atoms in total. The Morgan fingerprint density at radius 3 is 2.76 bits per heavy atom. The number of hydrogen-bond donors (Lipinski definition) is 1. The number of ether oxygens (including phenoxy) is 1. The molecule has 1 aliphatic heterocycles. The van der Waals surface area contributed by atoms with Crippen LogP contribution < -0.4 is 5.73 Å². The Hall–Kier alpha value is -2.67. The third-order valence-corrected chi connectivity index (χ3v) is 4.64. The van der Waals surface area contributed by atoms with E-state index in [2.05, 4.69) is 5.10 Å². The summed E-state index contributed by atoms with van der Waals surface area (Å²) in [7, 11) is 1.50. The summed E-state index contributed by atoms with van der Waals surface area (Å²) >= 11 is 0. The van der Waals surface area contributed by atoms with Crippen LogP contribution in [-0.4, -0.2) is 52.3 Å². The van der Waals surface area contributed by atoms with E-state index in [1.807, 2.05) is 30.3 Å². The quantitative estimate of drug-likeness (QED) is 0.849. The number of hydrogen-bond acceptors (Lipinski definition) is 4. The lowest BCUT2D eigenvalue weighted by molar-refractivity contribution is -0.130. The summed E-state index contributed by atoms with van der Waals surface area (Å²) < 4.78 is 6.88. The van der Waals surface area contributed by atoms with Gasteiger partial charge in [0.15, 0.2) is 0 Å². The fraction of sp³-hybridized carbons (Fsp3) is 0.389. The molecule has 132 valence electrons. The number of rotatable bonds is 6. The molecule has 1 aliphatic rings. The Morgan fingerprint density at radius 2 is 2.08 bits per heavy atom. The lowest BCUT2D eigenvalue weighted by atomic mass is 9.96. The molecular formula is C18H22N4O3. The van der Waals surface area contributed by atoms with Crippen LogP contribution in [0.15, 0.2) is 42.7 Å². The van der Waals surface area contributed by atoms with Gasteiger partial charge in [-0.2, -0.15) is 5.10 Å². The molecule has 0 aliphatic carbocycles. The molecule has 1 aromatic carbocycles. The topological polar surface area (TPSA) is 90.4 Å². The maximum Gasteiger partial charge on any atom is 0.258 e. The van der Waals surface area contributed by atoms with Crippen LogP contribution in [0.5, 0.6) is 0 Å². The average molecular weight is 342 g/mol. The first kappa shape index (κ1) is 17.2. The number of aromatic nitrogens is 2. The second-order valence-electron chi connectivity index (χ2n) is 6.30. The molecule has 7 heteroatoms. The monoisotopic (exact) mass is 342 g/mol. The summed E-state index contributed by atoms with van der Waals surface area (Å²) in [5.41, 5.74) is 6.06. The normalized spacial score (nSPS) is 20.0. The highest BCUT2D eigenvalue weighted by Gasteiger charge is 2.49. The zero-order valence-corrected chi connectivity index (χ0v) is 14.2. The van der Waals surface area contributed by atoms with Crippen LogP contribution in [0.3, 0.4) is 0 Å². The van der Waals surface area contributed by atoms with E-state index in [-0.39, 0.29) is 12.5 Å². The Kier molecular flexibility index (Phi) is 4.85. The van der Waals surface area contributed by atoms with Crippen molar-refractivity contribution in [3.05, 3.63) is 53.9 Å². The van der Waals surface area contributed by atoms with Crippen LogP contribution in [0.2, 0.25) is 0 Å². The summed E-state index contributed by atoms with van der Waals surface area (Å²) in [6.07, 6.45) is 4.46. The summed E-state index contributed by atoms with van der Waals surface area (Å²) in [5.74, 6) is -0.774. The van der Waals surface area contributed by atoms with Crippen LogP contribution in [0.25, 0.3) is 0 Å². The maximum atomic E-state index is 12.9. The Bertz CT molecular complexity index is 759. The number of benzene rings is 1. The number of nitrogens with zero attached hydrogens (tertiary/aromatic N) is 3. The SMILES string of the molecule is COCC1(C(N)=O)CCCN1C(=O)c1cnn(Cc2ccccc2)c1. The number of methoxy groups -OCH3 is 1. The van der Waals surface area contributed by atoms with Crippen molar-refractivity contribution < 1.29 is 14.3 Å². The van der Waals surface area contributed by atoms with Crippen molar-refractivity contribution in [2.45, 2.75) is 24.9 Å². The fourth-order valence-electron chi connectivity index (χ4n) is 3.38. The van der Waals surface area contributed by atoms with E-state index in [4.69, 9.17) is 10.5 Å². The third kappa shape index (κ3) is 3.28. The van der Waals surface area contributed by atoms with Gasteiger partial charge in [-0.05, 0) is 18.4 Å². The van der Waals surface area contributed by atoms with Crippen molar-refractivity contribution in [3.63, 3.8) is 0 Å². The zero-order valence-electron chi connectivity index (χ0n) is 14.2. The Balaban J connectivity index is 1.80. The van der Waals surface area contributed by atoms with E-state index >= 15 is 0 Å². The molecule has 0 saturated carbocycles. The van der Waals surface area contributed by atoms with Gasteiger partial charge in [-0.1, -0.05) is 30.3 Å². The molecule has 25 heavy (non-hydrogen) atoms. The lowest BCUT2D eigenvalue weighted by Crippen LogP contribution is -2.58. The van der Waals surface area contributed by atoms with Gasteiger partial charge in [0, 0.05) is 19.9 Å². The van der Waals surface area contributed by atoms with Crippen molar-refractivity contribution in [3.8, 4) is 0 Å². The largest absolute Gasteiger partial charge is 0.382 e. The van der Waals surface area contributed by atoms with Crippen LogP contribution >= 0.6 is 0 Å². The van der Waals surface area contributed by atoms with E-state index in [1.165, 1.54) is 18.2 Å². The Labute approximate surface area is 146 Å². The minimum atomic E-state index is -1.08. The first-order chi connectivity index (χ1) is 12.1. The molecule has 0 radical (unpaired) electrons. The molecule has 1 aromatic heterocycles. The smallest absolute Gasteiger partial charge is 0.258 e. The first-order valence-electron chi connectivity index (χ1n) is 8.24. The second-order valence-corrected chi connectivity index (χ2v) is 6.30. The van der Waals surface area contributed by atoms with Gasteiger partial charge in [-0.15, -0.1) is 0 Å². The third-order valence-electron chi connectivity index (χ3n) is 4.64. The predicted octanol–water partition coefficient (Wildman–Crippen LogP) is 1.04. The van der Waals surface area contributed by atoms with Gasteiger partial charge >= 0.3 is 0 Å². The van der Waals surface area contributed by atoms with Gasteiger partial charge in [-0.3, -0.25) is 14.3 Å². The molecule has 0 spiro atoms. The van der Waals surface area contributed by atoms with Gasteiger partial charge < -0.3 is 15.4 Å². The summed E-state index contributed by atoms with van der Waals surface area (Å²) in [6, 6.07) is 9.87. The van der Waals surface area contributed by atoms with E-state index in [0.29, 0.717) is 25.1 Å². The van der Waals surface area contributed by atoms with E-state index < -0.39 is 11.4 Å². The van der Waals surface area contributed by atoms with Gasteiger partial charge in [0.25, 0.3) is 5.91 Å². The molecule has 2 amide bonds. The number of amides is 2.